The number of aliphatic hydroxyl groups excluding tert-OH is 1. The third-order valence-electron chi connectivity index (χ3n) is 12.4. The standard InChI is InChI=1S/C53H55FN6O7S/c1-30-49(68-29-56-30)35-18-19-36(27-55-51(64)48-46(54)42(62)28-60(48)52(65)50(53(3,4)5)57-31(2)61)33(23-35)15-12-22-67-43-21-20-34(24-44(43)66-6)38-25-41(32-13-8-7-9-14-32)59-47-37-16-10-11-17-40(37)58-45(63)26-39(38)47/h7-11,13-14,16-21,23-25,29,42,46,48,50,62H,12,15,22,26-28H2,1-6H3,(H,55,64)(H,57,61)(H,58,63)/t42-,46-,48-,50+/m0/s1. The summed E-state index contributed by atoms with van der Waals surface area (Å²) in [5, 5.41) is 19.1. The number of likely N-dealkylation sites (tertiary alicyclic amines) is 1. The number of fused-ring (bicyclic) bond motifs is 3. The summed E-state index contributed by atoms with van der Waals surface area (Å²) in [7, 11) is 1.59. The van der Waals surface area contributed by atoms with E-state index < -0.39 is 47.5 Å². The number of aryl methyl sites for hydroxylation is 2. The maximum absolute atomic E-state index is 15.6. The van der Waals surface area contributed by atoms with Gasteiger partial charge < -0.3 is 35.4 Å². The molecule has 0 radical (unpaired) electrons. The van der Waals surface area contributed by atoms with Crippen LogP contribution in [-0.2, 0) is 38.6 Å². The number of aliphatic hydroxyl groups is 1. The highest BCUT2D eigenvalue weighted by molar-refractivity contribution is 7.13. The average molecular weight is 939 g/mol. The van der Waals surface area contributed by atoms with Gasteiger partial charge in [-0.3, -0.25) is 19.2 Å². The van der Waals surface area contributed by atoms with Gasteiger partial charge in [-0.15, -0.1) is 11.3 Å². The Balaban J connectivity index is 1.01. The molecule has 4 heterocycles. The van der Waals surface area contributed by atoms with E-state index in [9.17, 15) is 24.3 Å². The van der Waals surface area contributed by atoms with Crippen molar-refractivity contribution in [2.24, 2.45) is 5.41 Å². The number of halogens is 1. The van der Waals surface area contributed by atoms with Gasteiger partial charge >= 0.3 is 0 Å². The van der Waals surface area contributed by atoms with Crippen molar-refractivity contribution in [3.8, 4) is 55.6 Å². The van der Waals surface area contributed by atoms with E-state index in [0.29, 0.717) is 36.6 Å². The van der Waals surface area contributed by atoms with E-state index in [-0.39, 0.29) is 25.4 Å². The van der Waals surface area contributed by atoms with E-state index >= 15 is 4.39 Å². The van der Waals surface area contributed by atoms with Gasteiger partial charge in [0.15, 0.2) is 17.7 Å². The smallest absolute Gasteiger partial charge is 0.246 e. The van der Waals surface area contributed by atoms with Gasteiger partial charge in [0, 0.05) is 24.6 Å². The Bertz CT molecular complexity index is 2860. The van der Waals surface area contributed by atoms with Crippen molar-refractivity contribution in [1.82, 2.24) is 25.5 Å². The normalized spacial score (nSPS) is 17.0. The molecule has 0 spiro atoms. The van der Waals surface area contributed by atoms with Gasteiger partial charge in [0.1, 0.15) is 18.2 Å². The number of anilines is 1. The number of pyridine rings is 1. The monoisotopic (exact) mass is 938 g/mol. The number of para-hydroxylation sites is 1. The van der Waals surface area contributed by atoms with Crippen molar-refractivity contribution in [2.45, 2.75) is 84.8 Å². The highest BCUT2D eigenvalue weighted by Gasteiger charge is 2.50. The van der Waals surface area contributed by atoms with Gasteiger partial charge in [0.25, 0.3) is 0 Å². The number of rotatable bonds is 14. The van der Waals surface area contributed by atoms with E-state index in [1.807, 2.05) is 97.9 Å². The zero-order valence-corrected chi connectivity index (χ0v) is 39.7. The number of carbonyl (C=O) groups excluding carboxylic acids is 4. The molecule has 0 unspecified atom stereocenters. The van der Waals surface area contributed by atoms with Crippen LogP contribution in [0.3, 0.4) is 0 Å². The molecule has 4 aromatic carbocycles. The molecule has 4 atom stereocenters. The lowest BCUT2D eigenvalue weighted by Crippen LogP contribution is -2.58. The summed E-state index contributed by atoms with van der Waals surface area (Å²) in [5.74, 6) is -0.925. The molecule has 13 nitrogen and oxygen atoms in total. The second-order valence-electron chi connectivity index (χ2n) is 18.3. The third-order valence-corrected chi connectivity index (χ3v) is 13.4. The van der Waals surface area contributed by atoms with Gasteiger partial charge in [0.2, 0.25) is 23.6 Å². The molecule has 4 N–H and O–H groups in total. The van der Waals surface area contributed by atoms with Crippen molar-refractivity contribution in [2.75, 3.05) is 25.6 Å². The molecular formula is C53H55FN6O7S. The largest absolute Gasteiger partial charge is 0.493 e. The van der Waals surface area contributed by atoms with Crippen LogP contribution in [0.1, 0.15) is 56.5 Å². The molecular weight excluding hydrogens is 884 g/mol. The molecule has 15 heteroatoms. The summed E-state index contributed by atoms with van der Waals surface area (Å²) in [6, 6.07) is 28.7. The average Bonchev–Trinajstić information content (AvgIpc) is 3.85. The van der Waals surface area contributed by atoms with Crippen LogP contribution in [0.2, 0.25) is 0 Å². The van der Waals surface area contributed by atoms with Crippen molar-refractivity contribution in [3.63, 3.8) is 0 Å². The molecule has 0 aliphatic carbocycles. The second kappa shape index (κ2) is 20.1. The zero-order valence-electron chi connectivity index (χ0n) is 38.9. The maximum Gasteiger partial charge on any atom is 0.246 e. The Kier molecular flexibility index (Phi) is 14.0. The molecule has 6 aromatic rings. The molecule has 68 heavy (non-hydrogen) atoms. The fourth-order valence-electron chi connectivity index (χ4n) is 8.91. The topological polar surface area (TPSA) is 172 Å². The molecule has 2 aliphatic heterocycles. The van der Waals surface area contributed by atoms with Crippen LogP contribution >= 0.6 is 11.3 Å². The van der Waals surface area contributed by atoms with Crippen molar-refractivity contribution >= 4 is 40.7 Å². The summed E-state index contributed by atoms with van der Waals surface area (Å²) < 4.78 is 27.9. The number of β-amino-alcohol motifs (C(OH)–C–C–N with tert-alkyl or cyclic N) is 1. The Morgan fingerprint density at radius 3 is 2.41 bits per heavy atom. The van der Waals surface area contributed by atoms with Crippen LogP contribution in [-0.4, -0.2) is 88.2 Å². The summed E-state index contributed by atoms with van der Waals surface area (Å²) in [5.41, 5.74) is 11.1. The number of aromatic nitrogens is 2. The molecule has 4 amide bonds. The number of thiazole rings is 1. The summed E-state index contributed by atoms with van der Waals surface area (Å²) in [6.07, 6.45) is -2.34. The SMILES string of the molecule is COc1cc(-c2cc(-c3ccccc3)nc3c2CC(=O)Nc2ccccc2-3)ccc1OCCCc1cc(-c2scnc2C)ccc1CNC(=O)[C@@H]1[C@@H](F)[C@@H](O)CN1C(=O)[C@@H](NC(C)=O)C(C)(C)C. The highest BCUT2D eigenvalue weighted by Crippen LogP contribution is 2.42. The van der Waals surface area contributed by atoms with E-state index in [0.717, 1.165) is 71.4 Å². The molecule has 0 bridgehead atoms. The number of hydrogen-bond acceptors (Lipinski definition) is 10. The summed E-state index contributed by atoms with van der Waals surface area (Å²) >= 11 is 1.53. The minimum atomic E-state index is -2.03. The first-order chi connectivity index (χ1) is 32.6. The quantitative estimate of drug-likeness (QED) is 0.0788. The van der Waals surface area contributed by atoms with Gasteiger partial charge in [0.05, 0.1) is 59.8 Å². The zero-order chi connectivity index (χ0) is 48.3. The molecule has 2 aromatic heterocycles. The summed E-state index contributed by atoms with van der Waals surface area (Å²) in [6.45, 7) is 8.46. The molecule has 8 rings (SSSR count). The molecule has 1 fully saturated rings. The molecule has 2 aliphatic rings. The predicted octanol–water partition coefficient (Wildman–Crippen LogP) is 8.11. The lowest BCUT2D eigenvalue weighted by molar-refractivity contribution is -0.144. The maximum atomic E-state index is 15.6. The van der Waals surface area contributed by atoms with Gasteiger partial charge in [-0.1, -0.05) is 87.5 Å². The van der Waals surface area contributed by atoms with Crippen molar-refractivity contribution < 1.29 is 38.1 Å². The Labute approximate surface area is 399 Å². The minimum absolute atomic E-state index is 0.0277. The van der Waals surface area contributed by atoms with E-state index in [2.05, 4.69) is 27.0 Å². The minimum Gasteiger partial charge on any atom is -0.493 e. The van der Waals surface area contributed by atoms with Gasteiger partial charge in [-0.25, -0.2) is 14.4 Å². The number of ether oxygens (including phenoxy) is 2. The number of benzene rings is 4. The first kappa shape index (κ1) is 47.5. The second-order valence-corrected chi connectivity index (χ2v) is 19.1. The Morgan fingerprint density at radius 1 is 0.941 bits per heavy atom. The summed E-state index contributed by atoms with van der Waals surface area (Å²) in [4.78, 5) is 64.6. The fourth-order valence-corrected chi connectivity index (χ4v) is 9.71. The fraction of sp³-hybridized carbons (Fsp3) is 0.321. The van der Waals surface area contributed by atoms with Crippen LogP contribution in [0.4, 0.5) is 10.1 Å². The molecule has 0 saturated carbocycles. The lowest BCUT2D eigenvalue weighted by atomic mass is 9.85. The number of nitrogens with zero attached hydrogens (tertiary/aromatic N) is 3. The van der Waals surface area contributed by atoms with Crippen LogP contribution in [0.15, 0.2) is 103 Å². The Morgan fingerprint density at radius 2 is 1.69 bits per heavy atom. The Hall–Kier alpha value is -6.97. The van der Waals surface area contributed by atoms with Crippen LogP contribution in [0, 0.1) is 12.3 Å². The number of nitrogens with one attached hydrogen (secondary N) is 3. The first-order valence-electron chi connectivity index (χ1n) is 22.6. The van der Waals surface area contributed by atoms with Crippen molar-refractivity contribution in [1.29, 1.82) is 0 Å². The van der Waals surface area contributed by atoms with Crippen molar-refractivity contribution in [3.05, 3.63) is 125 Å². The third kappa shape index (κ3) is 10.1. The van der Waals surface area contributed by atoms with Crippen LogP contribution < -0.4 is 25.4 Å². The predicted molar refractivity (Wildman–Crippen MR) is 261 cm³/mol. The number of hydrogen-bond donors (Lipinski definition) is 4. The molecule has 352 valence electrons. The number of amides is 4. The van der Waals surface area contributed by atoms with Crippen LogP contribution in [0.5, 0.6) is 11.5 Å². The number of methoxy groups -OCH3 is 1. The molecule has 1 saturated heterocycles. The van der Waals surface area contributed by atoms with E-state index in [1.165, 1.54) is 18.3 Å². The van der Waals surface area contributed by atoms with E-state index in [1.54, 1.807) is 33.4 Å². The van der Waals surface area contributed by atoms with Crippen LogP contribution in [0.25, 0.3) is 44.1 Å². The number of alkyl halides is 1. The van der Waals surface area contributed by atoms with Gasteiger partial charge in [-0.05, 0) is 88.9 Å². The first-order valence-corrected chi connectivity index (χ1v) is 23.5. The van der Waals surface area contributed by atoms with E-state index in [4.69, 9.17) is 14.5 Å². The highest BCUT2D eigenvalue weighted by atomic mass is 32.1. The van der Waals surface area contributed by atoms with Gasteiger partial charge in [-0.2, -0.15) is 0 Å². The lowest BCUT2D eigenvalue weighted by Gasteiger charge is -2.35. The number of carbonyl (C=O) groups is 4.